The minimum Gasteiger partial charge on any atom is -0.388 e. The van der Waals surface area contributed by atoms with Crippen molar-refractivity contribution < 1.29 is 5.11 Å². The largest absolute Gasteiger partial charge is 0.388 e. The first kappa shape index (κ1) is 8.66. The molecule has 2 N–H and O–H groups in total. The van der Waals surface area contributed by atoms with Crippen LogP contribution in [0.5, 0.6) is 0 Å². The molecular weight excluding hydrogens is 114 g/mol. The van der Waals surface area contributed by atoms with E-state index in [4.69, 9.17) is 5.11 Å². The summed E-state index contributed by atoms with van der Waals surface area (Å²) in [6, 6.07) is 0.430. The summed E-state index contributed by atoms with van der Waals surface area (Å²) in [6.45, 7) is 8.12. The first-order valence-corrected chi connectivity index (χ1v) is 3.20. The van der Waals surface area contributed by atoms with Crippen molar-refractivity contribution in [2.24, 2.45) is 0 Å². The molecule has 1 atom stereocenters. The minimum atomic E-state index is -0.410. The van der Waals surface area contributed by atoms with Gasteiger partial charge >= 0.3 is 0 Å². The van der Waals surface area contributed by atoms with Crippen LogP contribution in [0.3, 0.4) is 0 Å². The van der Waals surface area contributed by atoms with E-state index in [1.807, 2.05) is 13.8 Å². The molecule has 0 bridgehead atoms. The molecule has 2 heteroatoms. The average Bonchev–Trinajstić information content (AvgIpc) is 1.83. The van der Waals surface area contributed by atoms with Crippen molar-refractivity contribution in [1.82, 2.24) is 5.32 Å². The third kappa shape index (κ3) is 5.53. The lowest BCUT2D eigenvalue weighted by molar-refractivity contribution is 0.215. The highest BCUT2D eigenvalue weighted by Gasteiger charge is 1.96. The van der Waals surface area contributed by atoms with E-state index >= 15 is 0 Å². The fraction of sp³-hybridized carbons (Fsp3) is 0.714. The van der Waals surface area contributed by atoms with E-state index in [1.165, 1.54) is 6.08 Å². The summed E-state index contributed by atoms with van der Waals surface area (Å²) in [5.74, 6) is 0. The molecule has 0 saturated carbocycles. The third-order valence-corrected chi connectivity index (χ3v) is 1.01. The number of hydrogen-bond donors (Lipinski definition) is 2. The number of aliphatic hydroxyl groups excluding tert-OH is 1. The second kappa shape index (κ2) is 4.53. The maximum atomic E-state index is 8.93. The molecule has 1 unspecified atom stereocenters. The van der Waals surface area contributed by atoms with Gasteiger partial charge in [-0.15, -0.1) is 6.58 Å². The highest BCUT2D eigenvalue weighted by Crippen LogP contribution is 1.82. The standard InChI is InChI=1S/C7H15NO/c1-4-7(9)5-8-6(2)3/h4,6-9H,1,5H2,2-3H3. The zero-order valence-corrected chi connectivity index (χ0v) is 6.09. The van der Waals surface area contributed by atoms with Gasteiger partial charge in [0, 0.05) is 12.6 Å². The molecular formula is C7H15NO. The molecule has 0 heterocycles. The Bertz CT molecular complexity index is 81.0. The molecule has 0 radical (unpaired) electrons. The lowest BCUT2D eigenvalue weighted by Crippen LogP contribution is -2.30. The van der Waals surface area contributed by atoms with Gasteiger partial charge in [0.2, 0.25) is 0 Å². The van der Waals surface area contributed by atoms with E-state index in [9.17, 15) is 0 Å². The Balaban J connectivity index is 3.16. The van der Waals surface area contributed by atoms with Crippen LogP contribution < -0.4 is 5.32 Å². The Morgan fingerprint density at radius 1 is 1.67 bits per heavy atom. The molecule has 0 fully saturated rings. The van der Waals surface area contributed by atoms with Crippen LogP contribution in [0, 0.1) is 0 Å². The van der Waals surface area contributed by atoms with Crippen LogP contribution in [0.1, 0.15) is 13.8 Å². The monoisotopic (exact) mass is 129 g/mol. The molecule has 0 aliphatic rings. The summed E-state index contributed by atoms with van der Waals surface area (Å²) in [6.07, 6.45) is 1.11. The van der Waals surface area contributed by atoms with E-state index in [2.05, 4.69) is 11.9 Å². The molecule has 0 aliphatic heterocycles. The molecule has 0 aromatic carbocycles. The predicted molar refractivity (Wildman–Crippen MR) is 39.3 cm³/mol. The first-order chi connectivity index (χ1) is 4.16. The van der Waals surface area contributed by atoms with Crippen LogP contribution >= 0.6 is 0 Å². The molecule has 54 valence electrons. The molecule has 0 rings (SSSR count). The van der Waals surface area contributed by atoms with Crippen LogP contribution in [0.2, 0.25) is 0 Å². The van der Waals surface area contributed by atoms with Crippen LogP contribution in [-0.2, 0) is 0 Å². The van der Waals surface area contributed by atoms with Gasteiger partial charge in [-0.3, -0.25) is 0 Å². The van der Waals surface area contributed by atoms with Gasteiger partial charge in [-0.2, -0.15) is 0 Å². The average molecular weight is 129 g/mol. The highest BCUT2D eigenvalue weighted by atomic mass is 16.3. The Labute approximate surface area is 56.6 Å². The summed E-state index contributed by atoms with van der Waals surface area (Å²) in [4.78, 5) is 0. The molecule has 9 heavy (non-hydrogen) atoms. The Hall–Kier alpha value is -0.340. The van der Waals surface area contributed by atoms with Crippen LogP contribution in [0.4, 0.5) is 0 Å². The van der Waals surface area contributed by atoms with Crippen molar-refractivity contribution in [1.29, 1.82) is 0 Å². The van der Waals surface area contributed by atoms with Gasteiger partial charge in [0.05, 0.1) is 6.10 Å². The predicted octanol–water partition coefficient (Wildman–Crippen LogP) is 0.531. The van der Waals surface area contributed by atoms with E-state index in [1.54, 1.807) is 0 Å². The van der Waals surface area contributed by atoms with Crippen molar-refractivity contribution >= 4 is 0 Å². The zero-order chi connectivity index (χ0) is 7.28. The van der Waals surface area contributed by atoms with Crippen molar-refractivity contribution in [3.05, 3.63) is 12.7 Å². The number of aliphatic hydroxyl groups is 1. The van der Waals surface area contributed by atoms with Gasteiger partial charge in [0.1, 0.15) is 0 Å². The van der Waals surface area contributed by atoms with Crippen molar-refractivity contribution in [3.8, 4) is 0 Å². The first-order valence-electron chi connectivity index (χ1n) is 3.20. The molecule has 0 saturated heterocycles. The van der Waals surface area contributed by atoms with Gasteiger partial charge in [-0.1, -0.05) is 19.9 Å². The lowest BCUT2D eigenvalue weighted by Gasteiger charge is -2.09. The summed E-state index contributed by atoms with van der Waals surface area (Å²) >= 11 is 0. The second-order valence-electron chi connectivity index (χ2n) is 2.37. The van der Waals surface area contributed by atoms with Crippen LogP contribution in [0.15, 0.2) is 12.7 Å². The fourth-order valence-electron chi connectivity index (χ4n) is 0.440. The molecule has 2 nitrogen and oxygen atoms in total. The maximum Gasteiger partial charge on any atom is 0.0842 e. The summed E-state index contributed by atoms with van der Waals surface area (Å²) < 4.78 is 0. The molecule has 0 spiro atoms. The Morgan fingerprint density at radius 2 is 2.22 bits per heavy atom. The molecule has 0 amide bonds. The third-order valence-electron chi connectivity index (χ3n) is 1.01. The van der Waals surface area contributed by atoms with Crippen LogP contribution in [0.25, 0.3) is 0 Å². The van der Waals surface area contributed by atoms with Gasteiger partial charge in [0.15, 0.2) is 0 Å². The SMILES string of the molecule is C=CC(O)CNC(C)C. The normalized spacial score (nSPS) is 13.8. The van der Waals surface area contributed by atoms with Crippen molar-refractivity contribution in [2.75, 3.05) is 6.54 Å². The maximum absolute atomic E-state index is 8.93. The van der Waals surface area contributed by atoms with Crippen molar-refractivity contribution in [3.63, 3.8) is 0 Å². The van der Waals surface area contributed by atoms with E-state index in [0.717, 1.165) is 0 Å². The molecule has 0 aliphatic carbocycles. The Morgan fingerprint density at radius 3 is 2.56 bits per heavy atom. The summed E-state index contributed by atoms with van der Waals surface area (Å²) in [5, 5.41) is 12.0. The van der Waals surface area contributed by atoms with Crippen molar-refractivity contribution in [2.45, 2.75) is 26.0 Å². The van der Waals surface area contributed by atoms with E-state index in [0.29, 0.717) is 12.6 Å². The van der Waals surface area contributed by atoms with Gasteiger partial charge in [0.25, 0.3) is 0 Å². The highest BCUT2D eigenvalue weighted by molar-refractivity contribution is 4.79. The van der Waals surface area contributed by atoms with Gasteiger partial charge < -0.3 is 10.4 Å². The fourth-order valence-corrected chi connectivity index (χ4v) is 0.440. The van der Waals surface area contributed by atoms with Gasteiger partial charge in [-0.25, -0.2) is 0 Å². The smallest absolute Gasteiger partial charge is 0.0842 e. The molecule has 0 aromatic rings. The number of nitrogens with one attached hydrogen (secondary N) is 1. The topological polar surface area (TPSA) is 32.3 Å². The quantitative estimate of drug-likeness (QED) is 0.543. The molecule has 0 aromatic heterocycles. The number of hydrogen-bond acceptors (Lipinski definition) is 2. The summed E-state index contributed by atoms with van der Waals surface area (Å²) in [5.41, 5.74) is 0. The Kier molecular flexibility index (Phi) is 4.36. The minimum absolute atomic E-state index is 0.410. The number of rotatable bonds is 4. The second-order valence-corrected chi connectivity index (χ2v) is 2.37. The zero-order valence-electron chi connectivity index (χ0n) is 6.09. The van der Waals surface area contributed by atoms with Gasteiger partial charge in [-0.05, 0) is 0 Å². The van der Waals surface area contributed by atoms with E-state index in [-0.39, 0.29) is 0 Å². The summed E-state index contributed by atoms with van der Waals surface area (Å²) in [7, 11) is 0. The van der Waals surface area contributed by atoms with E-state index < -0.39 is 6.10 Å². The van der Waals surface area contributed by atoms with Crippen LogP contribution in [-0.4, -0.2) is 23.8 Å². The lowest BCUT2D eigenvalue weighted by atomic mass is 10.3.